The fourth-order valence-corrected chi connectivity index (χ4v) is 1.97. The average Bonchev–Trinajstić information content (AvgIpc) is 2.17. The molecule has 0 aromatic carbocycles. The van der Waals surface area contributed by atoms with E-state index in [9.17, 15) is 4.79 Å². The summed E-state index contributed by atoms with van der Waals surface area (Å²) in [6.45, 7) is 3.98. The third kappa shape index (κ3) is 5.54. The van der Waals surface area contributed by atoms with Crippen molar-refractivity contribution in [2.24, 2.45) is 5.92 Å². The second-order valence-corrected chi connectivity index (χ2v) is 4.17. The van der Waals surface area contributed by atoms with Gasteiger partial charge in [-0.25, -0.2) is 4.79 Å². The van der Waals surface area contributed by atoms with Crippen molar-refractivity contribution in [3.63, 3.8) is 0 Å². The molecule has 0 saturated carbocycles. The van der Waals surface area contributed by atoms with Crippen LogP contribution in [-0.4, -0.2) is 49.2 Å². The number of piperidine rings is 1. The van der Waals surface area contributed by atoms with Crippen molar-refractivity contribution in [3.05, 3.63) is 12.2 Å². The zero-order valence-corrected chi connectivity index (χ0v) is 9.28. The van der Waals surface area contributed by atoms with E-state index >= 15 is 0 Å². The summed E-state index contributed by atoms with van der Waals surface area (Å²) < 4.78 is 0. The van der Waals surface area contributed by atoms with Crippen LogP contribution < -0.4 is 5.32 Å². The Labute approximate surface area is 91.0 Å². The number of carboxylic acid groups (broad SMARTS) is 1. The number of likely N-dealkylation sites (tertiary alicyclic amines) is 1. The number of carboxylic acids is 1. The molecule has 0 bridgehead atoms. The van der Waals surface area contributed by atoms with Gasteiger partial charge in [-0.15, -0.1) is 0 Å². The van der Waals surface area contributed by atoms with Crippen LogP contribution in [0.3, 0.4) is 0 Å². The third-order valence-corrected chi connectivity index (χ3v) is 2.68. The zero-order chi connectivity index (χ0) is 11.1. The molecule has 0 spiro atoms. The van der Waals surface area contributed by atoms with Gasteiger partial charge in [0.05, 0.1) is 0 Å². The van der Waals surface area contributed by atoms with E-state index in [4.69, 9.17) is 5.11 Å². The average molecular weight is 212 g/mol. The molecule has 15 heavy (non-hydrogen) atoms. The molecular formula is C11H20N2O2. The zero-order valence-electron chi connectivity index (χ0n) is 9.28. The normalized spacial score (nSPS) is 23.4. The maximum Gasteiger partial charge on any atom is 0.328 e. The molecule has 2 N–H and O–H groups in total. The van der Waals surface area contributed by atoms with E-state index in [2.05, 4.69) is 17.3 Å². The van der Waals surface area contributed by atoms with Gasteiger partial charge < -0.3 is 15.3 Å². The van der Waals surface area contributed by atoms with Gasteiger partial charge in [-0.2, -0.15) is 0 Å². The molecule has 4 nitrogen and oxygen atoms in total. The Hall–Kier alpha value is -0.870. The molecular weight excluding hydrogens is 192 g/mol. The maximum atomic E-state index is 10.2. The Morgan fingerprint density at radius 3 is 3.13 bits per heavy atom. The topological polar surface area (TPSA) is 52.6 Å². The summed E-state index contributed by atoms with van der Waals surface area (Å²) in [7, 11) is 2.15. The lowest BCUT2D eigenvalue weighted by Crippen LogP contribution is -2.37. The Morgan fingerprint density at radius 1 is 1.67 bits per heavy atom. The molecule has 0 amide bonds. The minimum atomic E-state index is -0.880. The second-order valence-electron chi connectivity index (χ2n) is 4.17. The van der Waals surface area contributed by atoms with Gasteiger partial charge in [0.15, 0.2) is 0 Å². The van der Waals surface area contributed by atoms with Crippen LogP contribution in [0.2, 0.25) is 0 Å². The van der Waals surface area contributed by atoms with Gasteiger partial charge in [0.1, 0.15) is 0 Å². The van der Waals surface area contributed by atoms with E-state index in [0.717, 1.165) is 13.1 Å². The van der Waals surface area contributed by atoms with Gasteiger partial charge >= 0.3 is 5.97 Å². The highest BCUT2D eigenvalue weighted by molar-refractivity contribution is 5.79. The van der Waals surface area contributed by atoms with Crippen molar-refractivity contribution < 1.29 is 9.90 Å². The van der Waals surface area contributed by atoms with Crippen LogP contribution in [0.5, 0.6) is 0 Å². The van der Waals surface area contributed by atoms with Crippen LogP contribution >= 0.6 is 0 Å². The molecule has 86 valence electrons. The first-order valence-corrected chi connectivity index (χ1v) is 5.47. The molecule has 1 saturated heterocycles. The smallest absolute Gasteiger partial charge is 0.328 e. The minimum absolute atomic E-state index is 0.645. The van der Waals surface area contributed by atoms with E-state index in [1.807, 2.05) is 0 Å². The largest absolute Gasteiger partial charge is 0.478 e. The molecule has 1 atom stereocenters. The summed E-state index contributed by atoms with van der Waals surface area (Å²) >= 11 is 0. The van der Waals surface area contributed by atoms with Crippen LogP contribution in [0.4, 0.5) is 0 Å². The molecule has 0 aliphatic carbocycles. The number of hydrogen-bond donors (Lipinski definition) is 2. The quantitative estimate of drug-likeness (QED) is 0.516. The Bertz CT molecular complexity index is 229. The van der Waals surface area contributed by atoms with Crippen molar-refractivity contribution in [3.8, 4) is 0 Å². The highest BCUT2D eigenvalue weighted by atomic mass is 16.4. The monoisotopic (exact) mass is 212 g/mol. The van der Waals surface area contributed by atoms with Crippen molar-refractivity contribution in [1.29, 1.82) is 0 Å². The first kappa shape index (κ1) is 12.2. The summed E-state index contributed by atoms with van der Waals surface area (Å²) in [5.41, 5.74) is 0. The summed E-state index contributed by atoms with van der Waals surface area (Å²) in [4.78, 5) is 12.5. The van der Waals surface area contributed by atoms with Crippen LogP contribution in [0, 0.1) is 5.92 Å². The van der Waals surface area contributed by atoms with Crippen LogP contribution in [0.25, 0.3) is 0 Å². The predicted molar refractivity (Wildman–Crippen MR) is 59.9 cm³/mol. The minimum Gasteiger partial charge on any atom is -0.478 e. The summed E-state index contributed by atoms with van der Waals surface area (Å²) in [5, 5.41) is 11.6. The second kappa shape index (κ2) is 6.58. The highest BCUT2D eigenvalue weighted by Crippen LogP contribution is 2.13. The van der Waals surface area contributed by atoms with E-state index in [1.54, 1.807) is 6.08 Å². The molecule has 1 aliphatic heterocycles. The lowest BCUT2D eigenvalue weighted by Gasteiger charge is -2.29. The van der Waals surface area contributed by atoms with Crippen molar-refractivity contribution >= 4 is 5.97 Å². The Kier molecular flexibility index (Phi) is 5.36. The molecule has 1 heterocycles. The van der Waals surface area contributed by atoms with Crippen molar-refractivity contribution in [2.45, 2.75) is 12.8 Å². The van der Waals surface area contributed by atoms with Gasteiger partial charge in [0.2, 0.25) is 0 Å². The van der Waals surface area contributed by atoms with Crippen molar-refractivity contribution in [2.75, 3.05) is 33.2 Å². The Morgan fingerprint density at radius 2 is 2.47 bits per heavy atom. The van der Waals surface area contributed by atoms with Crippen LogP contribution in [-0.2, 0) is 4.79 Å². The van der Waals surface area contributed by atoms with E-state index in [0.29, 0.717) is 12.5 Å². The lowest BCUT2D eigenvalue weighted by atomic mass is 9.98. The standard InChI is InChI=1S/C11H20N2O2/c1-13-7-3-4-10(9-13)8-12-6-2-5-11(14)15/h2,5,10,12H,3-4,6-9H2,1H3,(H,14,15)/b5-2+. The SMILES string of the molecule is CN1CCCC(CNC/C=C/C(=O)O)C1. The fourth-order valence-electron chi connectivity index (χ4n) is 1.97. The van der Waals surface area contributed by atoms with Gasteiger partial charge in [0, 0.05) is 19.2 Å². The molecule has 0 aromatic rings. The molecule has 0 radical (unpaired) electrons. The van der Waals surface area contributed by atoms with Gasteiger partial charge in [-0.3, -0.25) is 0 Å². The summed E-state index contributed by atoms with van der Waals surface area (Å²) in [5.74, 6) is -0.170. The predicted octanol–water partition coefficient (Wildman–Crippen LogP) is 0.559. The molecule has 1 fully saturated rings. The Balaban J connectivity index is 2.06. The number of carbonyl (C=O) groups is 1. The molecule has 0 aromatic heterocycles. The third-order valence-electron chi connectivity index (χ3n) is 2.68. The molecule has 1 unspecified atom stereocenters. The molecule has 4 heteroatoms. The maximum absolute atomic E-state index is 10.2. The first-order chi connectivity index (χ1) is 7.18. The van der Waals surface area contributed by atoms with Gasteiger partial charge in [0.25, 0.3) is 0 Å². The first-order valence-electron chi connectivity index (χ1n) is 5.47. The number of rotatable bonds is 5. The number of nitrogens with zero attached hydrogens (tertiary/aromatic N) is 1. The van der Waals surface area contributed by atoms with E-state index < -0.39 is 5.97 Å². The van der Waals surface area contributed by atoms with E-state index in [-0.39, 0.29) is 0 Å². The van der Waals surface area contributed by atoms with E-state index in [1.165, 1.54) is 25.5 Å². The van der Waals surface area contributed by atoms with Gasteiger partial charge in [-0.05, 0) is 38.9 Å². The summed E-state index contributed by atoms with van der Waals surface area (Å²) in [6, 6.07) is 0. The molecule has 1 aliphatic rings. The number of nitrogens with one attached hydrogen (secondary N) is 1. The fraction of sp³-hybridized carbons (Fsp3) is 0.727. The highest BCUT2D eigenvalue weighted by Gasteiger charge is 2.15. The number of aliphatic carboxylic acids is 1. The number of hydrogen-bond acceptors (Lipinski definition) is 3. The van der Waals surface area contributed by atoms with Crippen LogP contribution in [0.1, 0.15) is 12.8 Å². The summed E-state index contributed by atoms with van der Waals surface area (Å²) in [6.07, 6.45) is 5.38. The lowest BCUT2D eigenvalue weighted by molar-refractivity contribution is -0.131. The van der Waals surface area contributed by atoms with Gasteiger partial charge in [-0.1, -0.05) is 6.08 Å². The van der Waals surface area contributed by atoms with Crippen molar-refractivity contribution in [1.82, 2.24) is 10.2 Å². The molecule has 1 rings (SSSR count). The van der Waals surface area contributed by atoms with Crippen LogP contribution in [0.15, 0.2) is 12.2 Å².